The van der Waals surface area contributed by atoms with E-state index in [0.29, 0.717) is 6.07 Å². The predicted molar refractivity (Wildman–Crippen MR) is 50.3 cm³/mol. The van der Waals surface area contributed by atoms with Crippen LogP contribution < -0.4 is 5.32 Å². The summed E-state index contributed by atoms with van der Waals surface area (Å²) >= 11 is 0. The molecule has 1 atom stereocenters. The number of benzene rings is 1. The molecule has 88 valence electrons. The highest BCUT2D eigenvalue weighted by atomic mass is 19.2. The van der Waals surface area contributed by atoms with Crippen LogP contribution in [0.5, 0.6) is 0 Å². The third kappa shape index (κ3) is 2.73. The van der Waals surface area contributed by atoms with Crippen LogP contribution in [0.4, 0.5) is 13.2 Å². The zero-order valence-electron chi connectivity index (χ0n) is 8.43. The zero-order valence-corrected chi connectivity index (χ0v) is 8.43. The molecule has 1 rings (SSSR count). The van der Waals surface area contributed by atoms with Gasteiger partial charge in [0.2, 0.25) is 0 Å². The van der Waals surface area contributed by atoms with E-state index in [2.05, 4.69) is 5.32 Å². The van der Waals surface area contributed by atoms with Gasteiger partial charge < -0.3 is 10.4 Å². The fourth-order valence-corrected chi connectivity index (χ4v) is 1.04. The fourth-order valence-electron chi connectivity index (χ4n) is 1.04. The van der Waals surface area contributed by atoms with Crippen LogP contribution in [0.3, 0.4) is 0 Å². The van der Waals surface area contributed by atoms with E-state index >= 15 is 0 Å². The van der Waals surface area contributed by atoms with Gasteiger partial charge in [-0.15, -0.1) is 0 Å². The Morgan fingerprint density at radius 2 is 2.00 bits per heavy atom. The summed E-state index contributed by atoms with van der Waals surface area (Å²) < 4.78 is 38.4. The second kappa shape index (κ2) is 4.98. The number of hydrogen-bond acceptors (Lipinski definition) is 2. The SMILES string of the molecule is C[C@H](O)CNC(=O)c1ccc(F)c(F)c1F. The first-order chi connectivity index (χ1) is 7.43. The normalized spacial score (nSPS) is 12.3. The van der Waals surface area contributed by atoms with Gasteiger partial charge in [-0.25, -0.2) is 13.2 Å². The van der Waals surface area contributed by atoms with E-state index in [0.717, 1.165) is 6.07 Å². The van der Waals surface area contributed by atoms with Crippen LogP contribution in [0.2, 0.25) is 0 Å². The molecule has 1 amide bonds. The largest absolute Gasteiger partial charge is 0.392 e. The van der Waals surface area contributed by atoms with Gasteiger partial charge in [0, 0.05) is 6.54 Å². The lowest BCUT2D eigenvalue weighted by Gasteiger charge is -2.08. The highest BCUT2D eigenvalue weighted by molar-refractivity contribution is 5.94. The average Bonchev–Trinajstić information content (AvgIpc) is 2.23. The first-order valence-electron chi connectivity index (χ1n) is 4.53. The van der Waals surface area contributed by atoms with Crippen molar-refractivity contribution in [3.8, 4) is 0 Å². The van der Waals surface area contributed by atoms with Crippen molar-refractivity contribution in [2.75, 3.05) is 6.54 Å². The monoisotopic (exact) mass is 233 g/mol. The summed E-state index contributed by atoms with van der Waals surface area (Å²) in [7, 11) is 0. The molecule has 3 nitrogen and oxygen atoms in total. The van der Waals surface area contributed by atoms with E-state index in [4.69, 9.17) is 5.11 Å². The van der Waals surface area contributed by atoms with Crippen LogP contribution in [0, 0.1) is 17.5 Å². The Morgan fingerprint density at radius 1 is 1.38 bits per heavy atom. The number of amides is 1. The molecule has 1 aromatic rings. The molecule has 0 aliphatic rings. The number of nitrogens with one attached hydrogen (secondary N) is 1. The average molecular weight is 233 g/mol. The van der Waals surface area contributed by atoms with E-state index in [1.54, 1.807) is 0 Å². The summed E-state index contributed by atoms with van der Waals surface area (Å²) in [6.45, 7) is 1.32. The van der Waals surface area contributed by atoms with E-state index < -0.39 is 35.0 Å². The second-order valence-electron chi connectivity index (χ2n) is 3.28. The highest BCUT2D eigenvalue weighted by Gasteiger charge is 2.18. The molecule has 0 aliphatic heterocycles. The molecule has 0 aromatic heterocycles. The van der Waals surface area contributed by atoms with Crippen molar-refractivity contribution in [1.29, 1.82) is 0 Å². The lowest BCUT2D eigenvalue weighted by atomic mass is 10.2. The summed E-state index contributed by atoms with van der Waals surface area (Å²) in [5, 5.41) is 11.0. The molecule has 0 fully saturated rings. The summed E-state index contributed by atoms with van der Waals surface area (Å²) in [4.78, 5) is 11.3. The van der Waals surface area contributed by atoms with Crippen LogP contribution in [0.25, 0.3) is 0 Å². The van der Waals surface area contributed by atoms with Gasteiger partial charge in [0.15, 0.2) is 17.5 Å². The maximum Gasteiger partial charge on any atom is 0.254 e. The summed E-state index contributed by atoms with van der Waals surface area (Å²) in [6.07, 6.45) is -0.808. The third-order valence-corrected chi connectivity index (χ3v) is 1.84. The molecule has 0 aliphatic carbocycles. The first kappa shape index (κ1) is 12.5. The molecule has 6 heteroatoms. The zero-order chi connectivity index (χ0) is 12.3. The smallest absolute Gasteiger partial charge is 0.254 e. The van der Waals surface area contributed by atoms with Crippen molar-refractivity contribution in [3.05, 3.63) is 35.1 Å². The summed E-state index contributed by atoms with van der Waals surface area (Å²) in [5.74, 6) is -5.49. The Labute approximate surface area is 89.9 Å². The molecule has 2 N–H and O–H groups in total. The van der Waals surface area contributed by atoms with Gasteiger partial charge in [-0.1, -0.05) is 0 Å². The van der Waals surface area contributed by atoms with Crippen molar-refractivity contribution >= 4 is 5.91 Å². The number of aliphatic hydroxyl groups is 1. The standard InChI is InChI=1S/C10H10F3NO2/c1-5(15)4-14-10(16)6-2-3-7(11)9(13)8(6)12/h2-3,5,15H,4H2,1H3,(H,14,16)/t5-/m0/s1. The maximum absolute atomic E-state index is 13.1. The molecule has 0 heterocycles. The molecule has 0 radical (unpaired) electrons. The topological polar surface area (TPSA) is 49.3 Å². The number of halogens is 3. The minimum atomic E-state index is -1.69. The second-order valence-corrected chi connectivity index (χ2v) is 3.28. The number of carbonyl (C=O) groups is 1. The van der Waals surface area contributed by atoms with Gasteiger partial charge in [0.1, 0.15) is 0 Å². The number of hydrogen-bond donors (Lipinski definition) is 2. The molecule has 1 aromatic carbocycles. The van der Waals surface area contributed by atoms with Crippen molar-refractivity contribution in [2.45, 2.75) is 13.0 Å². The molecular weight excluding hydrogens is 223 g/mol. The number of rotatable bonds is 3. The molecule has 16 heavy (non-hydrogen) atoms. The van der Waals surface area contributed by atoms with Crippen molar-refractivity contribution in [1.82, 2.24) is 5.32 Å². The Kier molecular flexibility index (Phi) is 3.89. The van der Waals surface area contributed by atoms with Crippen LogP contribution in [-0.4, -0.2) is 23.7 Å². The molecule has 0 unspecified atom stereocenters. The molecule has 0 spiro atoms. The quantitative estimate of drug-likeness (QED) is 0.771. The lowest BCUT2D eigenvalue weighted by Crippen LogP contribution is -2.31. The van der Waals surface area contributed by atoms with Crippen LogP contribution in [0.1, 0.15) is 17.3 Å². The Morgan fingerprint density at radius 3 is 2.56 bits per heavy atom. The number of carbonyl (C=O) groups excluding carboxylic acids is 1. The Balaban J connectivity index is 2.88. The molecular formula is C10H10F3NO2. The fraction of sp³-hybridized carbons (Fsp3) is 0.300. The van der Waals surface area contributed by atoms with Gasteiger partial charge in [-0.05, 0) is 19.1 Å². The van der Waals surface area contributed by atoms with Gasteiger partial charge in [0.05, 0.1) is 11.7 Å². The van der Waals surface area contributed by atoms with Gasteiger partial charge >= 0.3 is 0 Å². The third-order valence-electron chi connectivity index (χ3n) is 1.84. The van der Waals surface area contributed by atoms with E-state index in [-0.39, 0.29) is 6.54 Å². The van der Waals surface area contributed by atoms with Crippen LogP contribution in [0.15, 0.2) is 12.1 Å². The van der Waals surface area contributed by atoms with Crippen molar-refractivity contribution in [3.63, 3.8) is 0 Å². The molecule has 0 saturated carbocycles. The highest BCUT2D eigenvalue weighted by Crippen LogP contribution is 2.14. The minimum absolute atomic E-state index is 0.0999. The first-order valence-corrected chi connectivity index (χ1v) is 4.53. The van der Waals surface area contributed by atoms with Gasteiger partial charge in [-0.3, -0.25) is 4.79 Å². The van der Waals surface area contributed by atoms with Crippen LogP contribution >= 0.6 is 0 Å². The summed E-state index contributed by atoms with van der Waals surface area (Å²) in [6, 6.07) is 1.50. The predicted octanol–water partition coefficient (Wildman–Crippen LogP) is 1.21. The van der Waals surface area contributed by atoms with E-state index in [9.17, 15) is 18.0 Å². The van der Waals surface area contributed by atoms with E-state index in [1.807, 2.05) is 0 Å². The Hall–Kier alpha value is -1.56. The lowest BCUT2D eigenvalue weighted by molar-refractivity contribution is 0.0918. The summed E-state index contributed by atoms with van der Waals surface area (Å²) in [5.41, 5.74) is -0.598. The van der Waals surface area contributed by atoms with Crippen molar-refractivity contribution in [2.24, 2.45) is 0 Å². The van der Waals surface area contributed by atoms with Crippen LogP contribution in [-0.2, 0) is 0 Å². The van der Waals surface area contributed by atoms with Gasteiger partial charge in [0.25, 0.3) is 5.91 Å². The molecule has 0 saturated heterocycles. The van der Waals surface area contributed by atoms with Crippen molar-refractivity contribution < 1.29 is 23.1 Å². The maximum atomic E-state index is 13.1. The minimum Gasteiger partial charge on any atom is -0.392 e. The van der Waals surface area contributed by atoms with E-state index in [1.165, 1.54) is 6.92 Å². The van der Waals surface area contributed by atoms with Gasteiger partial charge in [-0.2, -0.15) is 0 Å². The number of aliphatic hydroxyl groups excluding tert-OH is 1. The molecule has 0 bridgehead atoms. The Bertz CT molecular complexity index is 407.